The van der Waals surface area contributed by atoms with E-state index in [-0.39, 0.29) is 24.8 Å². The van der Waals surface area contributed by atoms with Gasteiger partial charge in [-0.05, 0) is 54.8 Å². The summed E-state index contributed by atoms with van der Waals surface area (Å²) in [7, 11) is 1.87. The number of rotatable bonds is 10. The van der Waals surface area contributed by atoms with Crippen LogP contribution in [0.3, 0.4) is 0 Å². The Labute approximate surface area is 220 Å². The molecule has 2 aliphatic heterocycles. The molecule has 0 spiro atoms. The topological polar surface area (TPSA) is 129 Å². The molecule has 196 valence electrons. The zero-order valence-electron chi connectivity index (χ0n) is 20.6. The molecule has 0 radical (unpaired) electrons. The number of benzene rings is 2. The highest BCUT2D eigenvalue weighted by Crippen LogP contribution is 2.28. The van der Waals surface area contributed by atoms with Gasteiger partial charge in [-0.3, -0.25) is 19.7 Å². The number of ether oxygens (including phenoxy) is 1. The van der Waals surface area contributed by atoms with E-state index >= 15 is 0 Å². The van der Waals surface area contributed by atoms with E-state index in [4.69, 9.17) is 16.3 Å². The second-order valence-corrected chi connectivity index (χ2v) is 9.38. The van der Waals surface area contributed by atoms with Gasteiger partial charge in [-0.2, -0.15) is 0 Å². The molecule has 10 nitrogen and oxygen atoms in total. The van der Waals surface area contributed by atoms with Gasteiger partial charge in [0.2, 0.25) is 11.8 Å². The van der Waals surface area contributed by atoms with Crippen molar-refractivity contribution in [3.8, 4) is 0 Å². The lowest BCUT2D eigenvalue weighted by atomic mass is 10.0. The van der Waals surface area contributed by atoms with Crippen molar-refractivity contribution in [2.24, 2.45) is 0 Å². The number of hydrogen-bond acceptors (Lipinski definition) is 6. The average Bonchev–Trinajstić information content (AvgIpc) is 3.19. The second-order valence-electron chi connectivity index (χ2n) is 8.97. The van der Waals surface area contributed by atoms with Gasteiger partial charge in [0.25, 0.3) is 5.91 Å². The predicted molar refractivity (Wildman–Crippen MR) is 138 cm³/mol. The van der Waals surface area contributed by atoms with Gasteiger partial charge in [-0.15, -0.1) is 0 Å². The smallest absolute Gasteiger partial charge is 0.319 e. The number of fused-ring (bicyclic) bond motifs is 1. The van der Waals surface area contributed by atoms with Crippen LogP contribution in [-0.4, -0.2) is 61.5 Å². The monoisotopic (exact) mass is 527 g/mol. The highest BCUT2D eigenvalue weighted by molar-refractivity contribution is 6.31. The molecular formula is C26H30ClN5O5. The van der Waals surface area contributed by atoms with Crippen LogP contribution >= 0.6 is 11.6 Å². The van der Waals surface area contributed by atoms with E-state index in [9.17, 15) is 19.2 Å². The van der Waals surface area contributed by atoms with E-state index < -0.39 is 18.0 Å². The summed E-state index contributed by atoms with van der Waals surface area (Å²) >= 11 is 6.36. The summed E-state index contributed by atoms with van der Waals surface area (Å²) in [4.78, 5) is 50.5. The number of carbonyl (C=O) groups excluding carboxylic acids is 4. The Morgan fingerprint density at radius 3 is 2.76 bits per heavy atom. The van der Waals surface area contributed by atoms with Crippen molar-refractivity contribution in [1.82, 2.24) is 20.9 Å². The molecule has 2 aromatic carbocycles. The Bertz CT molecular complexity index is 1200. The van der Waals surface area contributed by atoms with E-state index in [1.54, 1.807) is 18.2 Å². The molecule has 0 saturated carbocycles. The standard InChI is InChI=1S/C26H30ClN5O5/c1-28-9-11-37-10-8-17-4-5-19(13-21(17)27)30-26(36)29-14-16-2-3-18-15-32(25(35)20(18)12-16)22-6-7-23(33)31-24(22)34/h2-5,12-13,22,28H,6-11,14-15H2,1H3,(H2,29,30,36)(H,31,33,34). The molecule has 4 rings (SSSR count). The maximum Gasteiger partial charge on any atom is 0.319 e. The van der Waals surface area contributed by atoms with Crippen LogP contribution in [0.4, 0.5) is 10.5 Å². The van der Waals surface area contributed by atoms with Gasteiger partial charge in [-0.25, -0.2) is 4.79 Å². The Morgan fingerprint density at radius 1 is 1.16 bits per heavy atom. The fraction of sp³-hybridized carbons (Fsp3) is 0.385. The molecule has 4 N–H and O–H groups in total. The molecule has 2 aliphatic rings. The fourth-order valence-electron chi connectivity index (χ4n) is 4.36. The minimum atomic E-state index is -0.658. The third-order valence-electron chi connectivity index (χ3n) is 6.37. The minimum Gasteiger partial charge on any atom is -0.380 e. The molecule has 0 aliphatic carbocycles. The Kier molecular flexibility index (Phi) is 8.75. The average molecular weight is 528 g/mol. The van der Waals surface area contributed by atoms with Gasteiger partial charge in [0.15, 0.2) is 0 Å². The van der Waals surface area contributed by atoms with Crippen molar-refractivity contribution >= 4 is 41.0 Å². The van der Waals surface area contributed by atoms with Crippen LogP contribution < -0.4 is 21.3 Å². The lowest BCUT2D eigenvalue weighted by Crippen LogP contribution is -2.52. The van der Waals surface area contributed by atoms with Crippen molar-refractivity contribution < 1.29 is 23.9 Å². The summed E-state index contributed by atoms with van der Waals surface area (Å²) in [6.45, 7) is 2.50. The van der Waals surface area contributed by atoms with Crippen LogP contribution in [0.2, 0.25) is 5.02 Å². The van der Waals surface area contributed by atoms with E-state index in [1.807, 2.05) is 25.2 Å². The van der Waals surface area contributed by atoms with Crippen LogP contribution in [-0.2, 0) is 33.8 Å². The van der Waals surface area contributed by atoms with Crippen molar-refractivity contribution in [3.63, 3.8) is 0 Å². The normalized spacial score (nSPS) is 17.0. The highest BCUT2D eigenvalue weighted by Gasteiger charge is 2.39. The number of nitrogens with one attached hydrogen (secondary N) is 4. The Balaban J connectivity index is 1.28. The van der Waals surface area contributed by atoms with Gasteiger partial charge < -0.3 is 25.6 Å². The summed E-state index contributed by atoms with van der Waals surface area (Å²) in [5.41, 5.74) is 3.56. The van der Waals surface area contributed by atoms with Gasteiger partial charge in [0.05, 0.1) is 13.2 Å². The summed E-state index contributed by atoms with van der Waals surface area (Å²) in [6.07, 6.45) is 1.20. The summed E-state index contributed by atoms with van der Waals surface area (Å²) < 4.78 is 5.53. The predicted octanol–water partition coefficient (Wildman–Crippen LogP) is 2.20. The molecule has 5 amide bonds. The first kappa shape index (κ1) is 26.6. The maximum absolute atomic E-state index is 13.0. The number of halogens is 1. The number of urea groups is 1. The Morgan fingerprint density at radius 2 is 2.00 bits per heavy atom. The second kappa shape index (κ2) is 12.2. The molecule has 1 saturated heterocycles. The molecule has 1 unspecified atom stereocenters. The summed E-state index contributed by atoms with van der Waals surface area (Å²) in [6, 6.07) is 9.67. The zero-order valence-corrected chi connectivity index (χ0v) is 21.3. The minimum absolute atomic E-state index is 0.208. The number of imide groups is 1. The number of nitrogens with zero attached hydrogens (tertiary/aromatic N) is 1. The van der Waals surface area contributed by atoms with E-state index in [0.29, 0.717) is 48.9 Å². The number of piperidine rings is 1. The van der Waals surface area contributed by atoms with E-state index in [0.717, 1.165) is 23.2 Å². The first-order valence-corrected chi connectivity index (χ1v) is 12.6. The number of anilines is 1. The van der Waals surface area contributed by atoms with Crippen molar-refractivity contribution in [3.05, 3.63) is 63.7 Å². The van der Waals surface area contributed by atoms with Crippen molar-refractivity contribution in [2.75, 3.05) is 32.1 Å². The van der Waals surface area contributed by atoms with Crippen molar-refractivity contribution in [1.29, 1.82) is 0 Å². The molecule has 11 heteroatoms. The first-order valence-electron chi connectivity index (χ1n) is 12.2. The van der Waals surface area contributed by atoms with Gasteiger partial charge in [-0.1, -0.05) is 29.8 Å². The lowest BCUT2D eigenvalue weighted by molar-refractivity contribution is -0.136. The molecule has 2 aromatic rings. The first-order chi connectivity index (χ1) is 17.9. The number of carbonyl (C=O) groups is 4. The van der Waals surface area contributed by atoms with E-state index in [1.165, 1.54) is 4.90 Å². The van der Waals surface area contributed by atoms with Gasteiger partial charge >= 0.3 is 6.03 Å². The summed E-state index contributed by atoms with van der Waals surface area (Å²) in [5, 5.41) is 11.4. The number of likely N-dealkylation sites (N-methyl/N-ethyl adjacent to an activating group) is 1. The Hall–Kier alpha value is -3.47. The molecular weight excluding hydrogens is 498 g/mol. The molecule has 37 heavy (non-hydrogen) atoms. The van der Waals surface area contributed by atoms with Crippen molar-refractivity contribution in [2.45, 2.75) is 38.4 Å². The third kappa shape index (κ3) is 6.65. The van der Waals surface area contributed by atoms with Crippen LogP contribution in [0.15, 0.2) is 36.4 Å². The van der Waals surface area contributed by atoms with Gasteiger partial charge in [0, 0.05) is 42.3 Å². The highest BCUT2D eigenvalue weighted by atomic mass is 35.5. The number of amides is 5. The SMILES string of the molecule is CNCCOCCc1ccc(NC(=O)NCc2ccc3c(c2)C(=O)N(C2CCC(=O)NC2=O)C3)cc1Cl. The molecule has 1 fully saturated rings. The van der Waals surface area contributed by atoms with Crippen LogP contribution in [0.5, 0.6) is 0 Å². The van der Waals surface area contributed by atoms with Gasteiger partial charge in [0.1, 0.15) is 6.04 Å². The van der Waals surface area contributed by atoms with Crippen LogP contribution in [0.1, 0.15) is 39.9 Å². The molecule has 2 heterocycles. The fourth-order valence-corrected chi connectivity index (χ4v) is 4.63. The van der Waals surface area contributed by atoms with Crippen LogP contribution in [0, 0.1) is 0 Å². The third-order valence-corrected chi connectivity index (χ3v) is 6.72. The molecule has 1 atom stereocenters. The summed E-state index contributed by atoms with van der Waals surface area (Å²) in [5.74, 6) is -1.01. The largest absolute Gasteiger partial charge is 0.380 e. The maximum atomic E-state index is 13.0. The van der Waals surface area contributed by atoms with Crippen LogP contribution in [0.25, 0.3) is 0 Å². The molecule has 0 aromatic heterocycles. The number of hydrogen-bond donors (Lipinski definition) is 4. The van der Waals surface area contributed by atoms with E-state index in [2.05, 4.69) is 21.3 Å². The zero-order chi connectivity index (χ0) is 26.4. The quantitative estimate of drug-likeness (QED) is 0.277. The lowest BCUT2D eigenvalue weighted by Gasteiger charge is -2.29. The molecule has 0 bridgehead atoms.